The van der Waals surface area contributed by atoms with E-state index in [1.54, 1.807) is 0 Å². The number of hydrogen-bond donors (Lipinski definition) is 0. The first-order chi connectivity index (χ1) is 2.00. The van der Waals surface area contributed by atoms with E-state index in [-0.39, 0.29) is 108 Å². The standard InChI is InChI=1S/Ba.2Na.H2O4S.2H/c;;;1-5(2,3)4;;/h;;;(H2,1,2,3,4);;/q;2*+1;;;/p-2. The summed E-state index contributed by atoms with van der Waals surface area (Å²) in [6, 6.07) is 0. The predicted octanol–water partition coefficient (Wildman–Crippen LogP) is -8.25. The van der Waals surface area contributed by atoms with Crippen LogP contribution >= 0.6 is 0 Å². The summed E-state index contributed by atoms with van der Waals surface area (Å²) in [4.78, 5) is 0. The molecule has 0 aliphatic carbocycles. The van der Waals surface area contributed by atoms with Gasteiger partial charge in [0.1, 0.15) is 0 Å². The van der Waals surface area contributed by atoms with E-state index >= 15 is 0 Å². The summed E-state index contributed by atoms with van der Waals surface area (Å²) in [5.74, 6) is 0. The Morgan fingerprint density at radius 1 is 1.00 bits per heavy atom. The molecule has 0 heterocycles. The minimum atomic E-state index is -5.17. The first kappa shape index (κ1) is 22.5. The molecular weight excluding hydrogens is 279 g/mol. The molecule has 0 N–H and O–H groups in total. The summed E-state index contributed by atoms with van der Waals surface area (Å²) < 4.78 is 34.1. The van der Waals surface area contributed by atoms with Crippen LogP contribution in [0.2, 0.25) is 0 Å². The van der Waals surface area contributed by atoms with Crippen molar-refractivity contribution >= 4 is 59.3 Å². The quantitative estimate of drug-likeness (QED) is 0.251. The Morgan fingerprint density at radius 3 is 1.00 bits per heavy atom. The molecule has 0 rings (SSSR count). The van der Waals surface area contributed by atoms with E-state index in [1.807, 2.05) is 0 Å². The molecule has 8 heteroatoms. The average Bonchev–Trinajstić information content (AvgIpc) is 0.722. The summed E-state index contributed by atoms with van der Waals surface area (Å²) in [5, 5.41) is 0. The fourth-order valence-corrected chi connectivity index (χ4v) is 0. The van der Waals surface area contributed by atoms with Crippen molar-refractivity contribution < 1.29 is 76.6 Å². The van der Waals surface area contributed by atoms with Crippen molar-refractivity contribution in [1.29, 1.82) is 0 Å². The van der Waals surface area contributed by atoms with E-state index in [2.05, 4.69) is 0 Å². The molecule has 0 saturated heterocycles. The predicted molar refractivity (Wildman–Crippen MR) is 19.0 cm³/mol. The van der Waals surface area contributed by atoms with E-state index < -0.39 is 10.4 Å². The van der Waals surface area contributed by atoms with Crippen LogP contribution in [0.1, 0.15) is 0 Å². The van der Waals surface area contributed by atoms with Crippen LogP contribution in [0.4, 0.5) is 0 Å². The van der Waals surface area contributed by atoms with Gasteiger partial charge in [0.05, 0.1) is 0 Å². The van der Waals surface area contributed by atoms with Crippen molar-refractivity contribution in [3.8, 4) is 0 Å². The second kappa shape index (κ2) is 10.4. The molecule has 0 aromatic carbocycles. The Hall–Kier alpha value is 3.44. The Kier molecular flexibility index (Phi) is 29.4. The van der Waals surface area contributed by atoms with Crippen molar-refractivity contribution in [2.45, 2.75) is 0 Å². The van der Waals surface area contributed by atoms with E-state index in [0.29, 0.717) is 0 Å². The van der Waals surface area contributed by atoms with Crippen molar-refractivity contribution in [3.05, 3.63) is 0 Å². The molecule has 0 amide bonds. The third-order valence-electron chi connectivity index (χ3n) is 0. The molecule has 4 nitrogen and oxygen atoms in total. The topological polar surface area (TPSA) is 80.3 Å². The molecule has 0 unspecified atom stereocenters. The molecule has 0 aromatic rings. The Morgan fingerprint density at radius 2 is 1.00 bits per heavy atom. The minimum Gasteiger partial charge on any atom is 1.00 e. The fourth-order valence-electron chi connectivity index (χ4n) is 0. The van der Waals surface area contributed by atoms with Gasteiger partial charge in [0.2, 0.25) is 0 Å². The zero-order valence-corrected chi connectivity index (χ0v) is 8.86. The zero-order chi connectivity index (χ0) is 4.50. The van der Waals surface area contributed by atoms with E-state index in [0.717, 1.165) is 0 Å². The molecule has 0 aliphatic rings. The normalized spacial score (nSPS) is 7.25. The molecule has 0 aliphatic heterocycles. The van der Waals surface area contributed by atoms with Crippen LogP contribution in [0, 0.1) is 0 Å². The van der Waals surface area contributed by atoms with Crippen LogP contribution < -0.4 is 59.1 Å². The minimum absolute atomic E-state index is 0. The third-order valence-corrected chi connectivity index (χ3v) is 0. The van der Waals surface area contributed by atoms with Gasteiger partial charge in [-0.05, 0) is 0 Å². The molecule has 0 aromatic heterocycles. The first-order valence-electron chi connectivity index (χ1n) is 0.667. The largest absolute Gasteiger partial charge is 1.00 e. The van der Waals surface area contributed by atoms with Crippen molar-refractivity contribution in [2.24, 2.45) is 0 Å². The molecule has 0 atom stereocenters. The van der Waals surface area contributed by atoms with E-state index in [1.165, 1.54) is 0 Å². The van der Waals surface area contributed by atoms with Gasteiger partial charge in [-0.25, -0.2) is 0 Å². The molecule has 0 bridgehead atoms. The summed E-state index contributed by atoms with van der Waals surface area (Å²) in [7, 11) is -5.17. The molecular formula is H2BaNa2O4S. The first-order valence-corrected chi connectivity index (χ1v) is 2.00. The number of hydrogen-bond acceptors (Lipinski definition) is 4. The van der Waals surface area contributed by atoms with Crippen LogP contribution in [0.15, 0.2) is 0 Å². The van der Waals surface area contributed by atoms with Crippen LogP contribution in [0.25, 0.3) is 0 Å². The maximum Gasteiger partial charge on any atom is 1.00 e. The van der Waals surface area contributed by atoms with Crippen LogP contribution in [-0.2, 0) is 10.4 Å². The summed E-state index contributed by atoms with van der Waals surface area (Å²) >= 11 is 0. The van der Waals surface area contributed by atoms with Gasteiger partial charge in [0.15, 0.2) is 0 Å². The number of rotatable bonds is 0. The monoisotopic (exact) mass is 282 g/mol. The molecule has 36 valence electrons. The van der Waals surface area contributed by atoms with Gasteiger partial charge in [-0.2, -0.15) is 0 Å². The molecule has 0 saturated carbocycles. The van der Waals surface area contributed by atoms with Crippen LogP contribution in [0.3, 0.4) is 0 Å². The maximum atomic E-state index is 8.52. The van der Waals surface area contributed by atoms with Crippen LogP contribution in [-0.4, -0.2) is 66.4 Å². The Bertz CT molecular complexity index is 97.2. The van der Waals surface area contributed by atoms with Gasteiger partial charge in [-0.1, -0.05) is 0 Å². The van der Waals surface area contributed by atoms with Gasteiger partial charge in [-0.3, -0.25) is 8.42 Å². The maximum absolute atomic E-state index is 8.52. The average molecular weight is 281 g/mol. The smallest absolute Gasteiger partial charge is 1.00 e. The van der Waals surface area contributed by atoms with Crippen molar-refractivity contribution in [3.63, 3.8) is 0 Å². The molecule has 8 heavy (non-hydrogen) atoms. The summed E-state index contributed by atoms with van der Waals surface area (Å²) in [6.07, 6.45) is 0. The molecule has 0 radical (unpaired) electrons. The van der Waals surface area contributed by atoms with E-state index in [4.69, 9.17) is 17.5 Å². The third kappa shape index (κ3) is 56.8. The SMILES string of the molecule is O=S(=O)([O-])[O-].[BaH2].[Na+].[Na+]. The van der Waals surface area contributed by atoms with Gasteiger partial charge >= 0.3 is 108 Å². The summed E-state index contributed by atoms with van der Waals surface area (Å²) in [5.41, 5.74) is 0. The summed E-state index contributed by atoms with van der Waals surface area (Å²) in [6.45, 7) is 0. The Balaban J connectivity index is -0.0000000267. The second-order valence-electron chi connectivity index (χ2n) is 0.408. The fraction of sp³-hybridized carbons (Fsp3) is 0. The van der Waals surface area contributed by atoms with Crippen molar-refractivity contribution in [1.82, 2.24) is 0 Å². The second-order valence-corrected chi connectivity index (χ2v) is 1.22. The van der Waals surface area contributed by atoms with Crippen LogP contribution in [0.5, 0.6) is 0 Å². The Labute approximate surface area is 132 Å². The van der Waals surface area contributed by atoms with Gasteiger partial charge in [0.25, 0.3) is 0 Å². The molecule has 0 spiro atoms. The van der Waals surface area contributed by atoms with Gasteiger partial charge in [-0.15, -0.1) is 0 Å². The van der Waals surface area contributed by atoms with Crippen molar-refractivity contribution in [2.75, 3.05) is 0 Å². The van der Waals surface area contributed by atoms with Gasteiger partial charge < -0.3 is 9.11 Å². The van der Waals surface area contributed by atoms with Gasteiger partial charge in [0, 0.05) is 10.4 Å². The zero-order valence-electron chi connectivity index (χ0n) is 4.04. The molecule has 0 fully saturated rings. The van der Waals surface area contributed by atoms with E-state index in [9.17, 15) is 0 Å².